The van der Waals surface area contributed by atoms with Crippen LogP contribution in [0.3, 0.4) is 0 Å². The first-order valence-corrected chi connectivity index (χ1v) is 6.31. The number of hydrogen-bond acceptors (Lipinski definition) is 3. The highest BCUT2D eigenvalue weighted by molar-refractivity contribution is 6.31. The molecule has 0 amide bonds. The van der Waals surface area contributed by atoms with Crippen LogP contribution in [0.15, 0.2) is 36.4 Å². The maximum atomic E-state index is 13.3. The zero-order valence-corrected chi connectivity index (χ0v) is 11.3. The van der Waals surface area contributed by atoms with Gasteiger partial charge in [0, 0.05) is 17.1 Å². The van der Waals surface area contributed by atoms with E-state index in [2.05, 4.69) is 0 Å². The lowest BCUT2D eigenvalue weighted by Gasteiger charge is -2.12. The third kappa shape index (κ3) is 3.27. The Kier molecular flexibility index (Phi) is 4.57. The molecular formula is C15H12ClFN2O. The summed E-state index contributed by atoms with van der Waals surface area (Å²) in [5.41, 5.74) is 7.15. The van der Waals surface area contributed by atoms with Crippen LogP contribution in [-0.2, 0) is 13.2 Å². The van der Waals surface area contributed by atoms with Crippen molar-refractivity contribution in [2.75, 3.05) is 0 Å². The zero-order valence-electron chi connectivity index (χ0n) is 10.6. The van der Waals surface area contributed by atoms with Crippen LogP contribution in [0.4, 0.5) is 4.39 Å². The van der Waals surface area contributed by atoms with E-state index in [0.29, 0.717) is 21.9 Å². The molecule has 2 aromatic rings. The molecule has 0 atom stereocenters. The van der Waals surface area contributed by atoms with Crippen LogP contribution < -0.4 is 10.5 Å². The molecule has 0 radical (unpaired) electrons. The van der Waals surface area contributed by atoms with Gasteiger partial charge in [-0.25, -0.2) is 4.39 Å². The quantitative estimate of drug-likeness (QED) is 0.939. The largest absolute Gasteiger partial charge is 0.489 e. The second kappa shape index (κ2) is 6.38. The van der Waals surface area contributed by atoms with Crippen molar-refractivity contribution >= 4 is 11.6 Å². The normalized spacial score (nSPS) is 10.1. The van der Waals surface area contributed by atoms with Crippen molar-refractivity contribution in [3.63, 3.8) is 0 Å². The fourth-order valence-corrected chi connectivity index (χ4v) is 2.07. The lowest BCUT2D eigenvalue weighted by molar-refractivity contribution is 0.302. The summed E-state index contributed by atoms with van der Waals surface area (Å²) in [6.07, 6.45) is 0. The first kappa shape index (κ1) is 14.3. The number of nitrogens with two attached hydrogens (primary N) is 1. The van der Waals surface area contributed by atoms with Crippen LogP contribution in [0.2, 0.25) is 5.02 Å². The molecule has 0 saturated carbocycles. The van der Waals surface area contributed by atoms with Gasteiger partial charge in [-0.3, -0.25) is 0 Å². The monoisotopic (exact) mass is 290 g/mol. The second-order valence-corrected chi connectivity index (χ2v) is 4.58. The fraction of sp³-hybridized carbons (Fsp3) is 0.133. The van der Waals surface area contributed by atoms with E-state index in [1.807, 2.05) is 6.07 Å². The summed E-state index contributed by atoms with van der Waals surface area (Å²) in [5.74, 6) is 0.0931. The van der Waals surface area contributed by atoms with Gasteiger partial charge in [0.2, 0.25) is 0 Å². The van der Waals surface area contributed by atoms with Gasteiger partial charge < -0.3 is 10.5 Å². The maximum absolute atomic E-state index is 13.3. The van der Waals surface area contributed by atoms with E-state index < -0.39 is 5.82 Å². The molecular weight excluding hydrogens is 279 g/mol. The molecule has 0 aliphatic heterocycles. The van der Waals surface area contributed by atoms with E-state index in [1.165, 1.54) is 12.1 Å². The van der Waals surface area contributed by atoms with Gasteiger partial charge in [0.15, 0.2) is 0 Å². The van der Waals surface area contributed by atoms with Gasteiger partial charge in [0.25, 0.3) is 0 Å². The Balaban J connectivity index is 2.19. The Morgan fingerprint density at radius 3 is 2.80 bits per heavy atom. The zero-order chi connectivity index (χ0) is 14.5. The molecule has 2 aromatic carbocycles. The number of rotatable bonds is 4. The van der Waals surface area contributed by atoms with E-state index in [4.69, 9.17) is 27.3 Å². The molecule has 5 heteroatoms. The molecule has 102 valence electrons. The minimum atomic E-state index is -0.465. The van der Waals surface area contributed by atoms with E-state index in [9.17, 15) is 4.39 Å². The van der Waals surface area contributed by atoms with Gasteiger partial charge in [0.05, 0.1) is 11.6 Å². The molecule has 0 aliphatic rings. The molecule has 2 N–H and O–H groups in total. The second-order valence-electron chi connectivity index (χ2n) is 4.17. The lowest BCUT2D eigenvalue weighted by atomic mass is 10.1. The third-order valence-corrected chi connectivity index (χ3v) is 3.12. The van der Waals surface area contributed by atoms with Crippen molar-refractivity contribution < 1.29 is 9.13 Å². The highest BCUT2D eigenvalue weighted by atomic mass is 35.5. The minimum absolute atomic E-state index is 0.139. The van der Waals surface area contributed by atoms with E-state index in [1.54, 1.807) is 24.3 Å². The number of nitrogens with zero attached hydrogens (tertiary/aromatic N) is 1. The highest BCUT2D eigenvalue weighted by Crippen LogP contribution is 2.26. The van der Waals surface area contributed by atoms with Crippen molar-refractivity contribution in [1.82, 2.24) is 0 Å². The molecule has 3 nitrogen and oxygen atoms in total. The maximum Gasteiger partial charge on any atom is 0.125 e. The molecule has 0 spiro atoms. The van der Waals surface area contributed by atoms with Gasteiger partial charge in [-0.2, -0.15) is 5.26 Å². The molecule has 0 saturated heterocycles. The molecule has 0 fully saturated rings. The fourth-order valence-electron chi connectivity index (χ4n) is 1.83. The van der Waals surface area contributed by atoms with Gasteiger partial charge >= 0.3 is 0 Å². The van der Waals surface area contributed by atoms with Crippen LogP contribution in [0.1, 0.15) is 16.7 Å². The van der Waals surface area contributed by atoms with Crippen LogP contribution in [0.5, 0.6) is 5.75 Å². The van der Waals surface area contributed by atoms with Crippen molar-refractivity contribution in [3.8, 4) is 11.8 Å². The summed E-state index contributed by atoms with van der Waals surface area (Å²) in [7, 11) is 0. The molecule has 0 aromatic heterocycles. The summed E-state index contributed by atoms with van der Waals surface area (Å²) < 4.78 is 18.9. The summed E-state index contributed by atoms with van der Waals surface area (Å²) >= 11 is 6.02. The van der Waals surface area contributed by atoms with Crippen molar-refractivity contribution in [2.24, 2.45) is 5.73 Å². The number of halogens is 2. The standard InChI is InChI=1S/C15H12ClFN2O/c16-14-2-1-3-15(13(14)8-19)20-9-11-4-10(7-18)5-12(17)6-11/h1-6H,8-9,19H2. The highest BCUT2D eigenvalue weighted by Gasteiger charge is 2.07. The molecule has 0 unspecified atom stereocenters. The molecule has 2 rings (SSSR count). The molecule has 0 heterocycles. The van der Waals surface area contributed by atoms with Gasteiger partial charge in [0.1, 0.15) is 18.2 Å². The van der Waals surface area contributed by atoms with E-state index in [0.717, 1.165) is 0 Å². The Bertz CT molecular complexity index is 667. The lowest BCUT2D eigenvalue weighted by Crippen LogP contribution is -2.04. The number of nitriles is 1. The van der Waals surface area contributed by atoms with Gasteiger partial charge in [-0.1, -0.05) is 17.7 Å². The van der Waals surface area contributed by atoms with Crippen molar-refractivity contribution in [2.45, 2.75) is 13.2 Å². The van der Waals surface area contributed by atoms with Crippen LogP contribution in [0, 0.1) is 17.1 Å². The number of hydrogen-bond donors (Lipinski definition) is 1. The molecule has 0 aliphatic carbocycles. The summed E-state index contributed by atoms with van der Waals surface area (Å²) in [5, 5.41) is 9.33. The number of ether oxygens (including phenoxy) is 1. The summed E-state index contributed by atoms with van der Waals surface area (Å²) in [6, 6.07) is 11.2. The molecule has 20 heavy (non-hydrogen) atoms. The average molecular weight is 291 g/mol. The van der Waals surface area contributed by atoms with E-state index in [-0.39, 0.29) is 18.7 Å². The SMILES string of the molecule is N#Cc1cc(F)cc(COc2cccc(Cl)c2CN)c1. The van der Waals surface area contributed by atoms with Crippen LogP contribution in [-0.4, -0.2) is 0 Å². The minimum Gasteiger partial charge on any atom is -0.489 e. The third-order valence-electron chi connectivity index (χ3n) is 2.76. The first-order valence-electron chi connectivity index (χ1n) is 5.94. The topological polar surface area (TPSA) is 59.0 Å². The van der Waals surface area contributed by atoms with Gasteiger partial charge in [-0.15, -0.1) is 0 Å². The van der Waals surface area contributed by atoms with Gasteiger partial charge in [-0.05, 0) is 35.9 Å². The predicted octanol–water partition coefficient (Wildman–Crippen LogP) is 3.39. The van der Waals surface area contributed by atoms with Crippen LogP contribution >= 0.6 is 11.6 Å². The Morgan fingerprint density at radius 1 is 1.30 bits per heavy atom. The summed E-state index contributed by atoms with van der Waals surface area (Å²) in [4.78, 5) is 0. The average Bonchev–Trinajstić information content (AvgIpc) is 2.44. The smallest absolute Gasteiger partial charge is 0.125 e. The van der Waals surface area contributed by atoms with Crippen LogP contribution in [0.25, 0.3) is 0 Å². The summed E-state index contributed by atoms with van der Waals surface area (Å²) in [6.45, 7) is 0.390. The van der Waals surface area contributed by atoms with Crippen molar-refractivity contribution in [1.29, 1.82) is 5.26 Å². The Labute approximate surface area is 121 Å². The molecule has 0 bridgehead atoms. The van der Waals surface area contributed by atoms with E-state index >= 15 is 0 Å². The first-order chi connectivity index (χ1) is 9.63. The predicted molar refractivity (Wildman–Crippen MR) is 74.8 cm³/mol. The van der Waals surface area contributed by atoms with Crippen molar-refractivity contribution in [3.05, 3.63) is 63.9 Å². The Morgan fingerprint density at radius 2 is 2.10 bits per heavy atom. The Hall–Kier alpha value is -2.09. The number of benzene rings is 2.